The molecule has 0 atom stereocenters. The second-order valence-corrected chi connectivity index (χ2v) is 2.91. The lowest BCUT2D eigenvalue weighted by Crippen LogP contribution is -2.34. The SMILES string of the molecule is OCc1cc(F)c(B(O)O)c(Cl)c1. The van der Waals surface area contributed by atoms with E-state index in [-0.39, 0.29) is 22.7 Å². The molecule has 0 aliphatic rings. The quantitative estimate of drug-likeness (QED) is 0.577. The van der Waals surface area contributed by atoms with Crippen molar-refractivity contribution < 1.29 is 19.5 Å². The van der Waals surface area contributed by atoms with Crippen molar-refractivity contribution >= 4 is 24.2 Å². The fourth-order valence-electron chi connectivity index (χ4n) is 0.975. The largest absolute Gasteiger partial charge is 0.492 e. The molecule has 0 bridgehead atoms. The van der Waals surface area contributed by atoms with E-state index in [1.165, 1.54) is 6.07 Å². The molecule has 3 nitrogen and oxygen atoms in total. The number of aliphatic hydroxyl groups excluding tert-OH is 1. The van der Waals surface area contributed by atoms with Crippen LogP contribution in [0, 0.1) is 5.82 Å². The van der Waals surface area contributed by atoms with Crippen LogP contribution in [0.5, 0.6) is 0 Å². The molecular formula is C7H7BClFO3. The van der Waals surface area contributed by atoms with Gasteiger partial charge in [-0.2, -0.15) is 0 Å². The lowest BCUT2D eigenvalue weighted by Gasteiger charge is -2.06. The van der Waals surface area contributed by atoms with Gasteiger partial charge in [0.2, 0.25) is 0 Å². The Bertz CT molecular complexity index is 296. The molecule has 0 aromatic heterocycles. The van der Waals surface area contributed by atoms with Crippen LogP contribution in [0.25, 0.3) is 0 Å². The highest BCUT2D eigenvalue weighted by atomic mass is 35.5. The van der Waals surface area contributed by atoms with Gasteiger partial charge in [-0.05, 0) is 17.7 Å². The third kappa shape index (κ3) is 2.19. The van der Waals surface area contributed by atoms with Crippen molar-refractivity contribution in [2.24, 2.45) is 0 Å². The smallest absolute Gasteiger partial charge is 0.423 e. The summed E-state index contributed by atoms with van der Waals surface area (Å²) in [5.74, 6) is -0.841. The second kappa shape index (κ2) is 4.06. The maximum Gasteiger partial charge on any atom is 0.492 e. The van der Waals surface area contributed by atoms with Gasteiger partial charge in [-0.25, -0.2) is 4.39 Å². The summed E-state index contributed by atoms with van der Waals surface area (Å²) in [7, 11) is -1.94. The Morgan fingerprint density at radius 1 is 1.38 bits per heavy atom. The average molecular weight is 204 g/mol. The standard InChI is InChI=1S/C7H7BClFO3/c9-5-1-4(3-11)2-6(10)7(5)8(12)13/h1-2,11-13H,3H2. The molecule has 0 aliphatic carbocycles. The molecule has 0 radical (unpaired) electrons. The van der Waals surface area contributed by atoms with Gasteiger partial charge < -0.3 is 15.2 Å². The first kappa shape index (κ1) is 10.5. The van der Waals surface area contributed by atoms with E-state index in [1.54, 1.807) is 0 Å². The van der Waals surface area contributed by atoms with Crippen molar-refractivity contribution in [3.05, 3.63) is 28.5 Å². The predicted octanol–water partition coefficient (Wildman–Crippen LogP) is -0.349. The van der Waals surface area contributed by atoms with E-state index in [2.05, 4.69) is 0 Å². The van der Waals surface area contributed by atoms with Crippen molar-refractivity contribution in [1.82, 2.24) is 0 Å². The Hall–Kier alpha value is -0.615. The molecule has 70 valence electrons. The van der Waals surface area contributed by atoms with Gasteiger partial charge in [0.1, 0.15) is 5.82 Å². The molecule has 0 aliphatic heterocycles. The molecule has 0 heterocycles. The maximum atomic E-state index is 13.0. The van der Waals surface area contributed by atoms with Crippen LogP contribution in [-0.2, 0) is 6.61 Å². The molecule has 0 fully saturated rings. The fourth-order valence-corrected chi connectivity index (χ4v) is 1.30. The number of rotatable bonds is 2. The lowest BCUT2D eigenvalue weighted by atomic mass is 9.79. The van der Waals surface area contributed by atoms with Crippen molar-refractivity contribution in [2.45, 2.75) is 6.61 Å². The lowest BCUT2D eigenvalue weighted by molar-refractivity contribution is 0.281. The van der Waals surface area contributed by atoms with E-state index in [4.69, 9.17) is 26.8 Å². The zero-order valence-electron chi connectivity index (χ0n) is 6.54. The monoisotopic (exact) mass is 204 g/mol. The zero-order valence-corrected chi connectivity index (χ0v) is 7.29. The van der Waals surface area contributed by atoms with Gasteiger partial charge in [0.15, 0.2) is 0 Å². The van der Waals surface area contributed by atoms with E-state index in [1.807, 2.05) is 0 Å². The molecule has 0 amide bonds. The summed E-state index contributed by atoms with van der Waals surface area (Å²) in [4.78, 5) is 0. The normalized spacial score (nSPS) is 10.2. The van der Waals surface area contributed by atoms with Gasteiger partial charge in [0.25, 0.3) is 0 Å². The number of hydrogen-bond acceptors (Lipinski definition) is 3. The molecule has 0 unspecified atom stereocenters. The summed E-state index contributed by atoms with van der Waals surface area (Å²) in [6, 6.07) is 2.28. The van der Waals surface area contributed by atoms with Crippen molar-refractivity contribution in [3.8, 4) is 0 Å². The fraction of sp³-hybridized carbons (Fsp3) is 0.143. The van der Waals surface area contributed by atoms with Crippen LogP contribution >= 0.6 is 11.6 Å². The molecule has 1 aromatic rings. The van der Waals surface area contributed by atoms with Gasteiger partial charge in [-0.3, -0.25) is 0 Å². The van der Waals surface area contributed by atoms with Crippen molar-refractivity contribution in [2.75, 3.05) is 0 Å². The highest BCUT2D eigenvalue weighted by Crippen LogP contribution is 2.12. The first-order chi connectivity index (χ1) is 6.06. The summed E-state index contributed by atoms with van der Waals surface area (Å²) < 4.78 is 13.0. The van der Waals surface area contributed by atoms with E-state index in [9.17, 15) is 4.39 Å². The summed E-state index contributed by atoms with van der Waals surface area (Å²) in [5, 5.41) is 26.0. The van der Waals surface area contributed by atoms with E-state index in [0.717, 1.165) is 6.07 Å². The highest BCUT2D eigenvalue weighted by Gasteiger charge is 2.20. The summed E-state index contributed by atoms with van der Waals surface area (Å²) in [6.45, 7) is -0.349. The molecule has 0 saturated heterocycles. The minimum Gasteiger partial charge on any atom is -0.423 e. The number of aliphatic hydroxyl groups is 1. The maximum absolute atomic E-state index is 13.0. The van der Waals surface area contributed by atoms with E-state index >= 15 is 0 Å². The van der Waals surface area contributed by atoms with Crippen molar-refractivity contribution in [1.29, 1.82) is 0 Å². The van der Waals surface area contributed by atoms with Crippen LogP contribution < -0.4 is 5.46 Å². The third-order valence-electron chi connectivity index (χ3n) is 1.58. The van der Waals surface area contributed by atoms with Gasteiger partial charge in [-0.15, -0.1) is 0 Å². The third-order valence-corrected chi connectivity index (χ3v) is 1.89. The Morgan fingerprint density at radius 3 is 2.38 bits per heavy atom. The molecule has 0 spiro atoms. The number of benzene rings is 1. The Labute approximate surface area is 79.5 Å². The molecule has 1 aromatic carbocycles. The van der Waals surface area contributed by atoms with Crippen LogP contribution in [0.3, 0.4) is 0 Å². The summed E-state index contributed by atoms with van der Waals surface area (Å²) in [5.41, 5.74) is -0.0919. The van der Waals surface area contributed by atoms with Gasteiger partial charge >= 0.3 is 7.12 Å². The minimum absolute atomic E-state index is 0.112. The summed E-state index contributed by atoms with van der Waals surface area (Å²) >= 11 is 5.54. The Morgan fingerprint density at radius 2 is 2.00 bits per heavy atom. The molecular weight excluding hydrogens is 197 g/mol. The average Bonchev–Trinajstić information content (AvgIpc) is 2.02. The van der Waals surface area contributed by atoms with Crippen LogP contribution in [0.4, 0.5) is 4.39 Å². The van der Waals surface area contributed by atoms with Gasteiger partial charge in [-0.1, -0.05) is 11.6 Å². The van der Waals surface area contributed by atoms with Gasteiger partial charge in [0, 0.05) is 10.5 Å². The number of halogens is 2. The van der Waals surface area contributed by atoms with Crippen molar-refractivity contribution in [3.63, 3.8) is 0 Å². The molecule has 3 N–H and O–H groups in total. The van der Waals surface area contributed by atoms with Gasteiger partial charge in [0.05, 0.1) is 6.61 Å². The summed E-state index contributed by atoms with van der Waals surface area (Å²) in [6.07, 6.45) is 0. The Kier molecular flexibility index (Phi) is 3.27. The highest BCUT2D eigenvalue weighted by molar-refractivity contribution is 6.62. The van der Waals surface area contributed by atoms with Crippen LogP contribution in [-0.4, -0.2) is 22.3 Å². The first-order valence-electron chi connectivity index (χ1n) is 3.51. The molecule has 6 heteroatoms. The van der Waals surface area contributed by atoms with Crippen LogP contribution in [0.1, 0.15) is 5.56 Å². The van der Waals surface area contributed by atoms with Crippen LogP contribution in [0.15, 0.2) is 12.1 Å². The topological polar surface area (TPSA) is 60.7 Å². The minimum atomic E-state index is -1.94. The van der Waals surface area contributed by atoms with Crippen LogP contribution in [0.2, 0.25) is 5.02 Å². The van der Waals surface area contributed by atoms with E-state index in [0.29, 0.717) is 0 Å². The van der Waals surface area contributed by atoms with E-state index < -0.39 is 12.9 Å². The predicted molar refractivity (Wildman–Crippen MR) is 47.2 cm³/mol. The Balaban J connectivity index is 3.23. The molecule has 0 saturated carbocycles. The second-order valence-electron chi connectivity index (χ2n) is 2.50. The first-order valence-corrected chi connectivity index (χ1v) is 3.89. The molecule has 13 heavy (non-hydrogen) atoms. The molecule has 1 rings (SSSR count). The number of hydrogen-bond donors (Lipinski definition) is 3. The zero-order chi connectivity index (χ0) is 10.0.